The van der Waals surface area contributed by atoms with E-state index in [0.29, 0.717) is 30.4 Å². The molecule has 0 unspecified atom stereocenters. The van der Waals surface area contributed by atoms with Crippen LogP contribution in [-0.4, -0.2) is 250 Å². The van der Waals surface area contributed by atoms with E-state index in [1.54, 1.807) is 130 Å². The van der Waals surface area contributed by atoms with Crippen LogP contribution in [0.1, 0.15) is 164 Å². The van der Waals surface area contributed by atoms with Gasteiger partial charge < -0.3 is 112 Å². The third-order valence-corrected chi connectivity index (χ3v) is 19.8. The topological polar surface area (TPSA) is 601 Å². The van der Waals surface area contributed by atoms with E-state index in [0.717, 1.165) is 4.90 Å². The van der Waals surface area contributed by atoms with Crippen LogP contribution in [0.4, 0.5) is 0 Å². The van der Waals surface area contributed by atoms with Gasteiger partial charge in [-0.25, -0.2) is 4.79 Å². The molecule has 14 amide bonds. The Kier molecular flexibility index (Phi) is 42.0. The molecule has 0 aliphatic carbocycles. The van der Waals surface area contributed by atoms with Crippen LogP contribution in [0.3, 0.4) is 0 Å². The molecule has 0 bridgehead atoms. The highest BCUT2D eigenvalue weighted by Gasteiger charge is 2.44. The minimum atomic E-state index is -1.67. The summed E-state index contributed by atoms with van der Waals surface area (Å²) in [5.41, 5.74) is 23.4. The van der Waals surface area contributed by atoms with E-state index >= 15 is 0 Å². The number of amides is 14. The Morgan fingerprint density at radius 2 is 0.863 bits per heavy atom. The Bertz CT molecular complexity index is 3710. The normalized spacial score (nSPS) is 16.7. The average molecular weight is 1640 g/mol. The lowest BCUT2D eigenvalue weighted by Crippen LogP contribution is -2.61. The first-order chi connectivity index (χ1) is 55.3. The molecular formula is C79H125N19O19. The van der Waals surface area contributed by atoms with E-state index in [9.17, 15) is 86.9 Å². The molecule has 0 aromatic heterocycles. The van der Waals surface area contributed by atoms with Gasteiger partial charge in [-0.1, -0.05) is 130 Å². The molecule has 38 heteroatoms. The number of hydrogen-bond donors (Lipinski definition) is 19. The Morgan fingerprint density at radius 1 is 0.444 bits per heavy atom. The van der Waals surface area contributed by atoms with Crippen molar-refractivity contribution in [1.82, 2.24) is 73.6 Å². The second kappa shape index (κ2) is 49.9. The minimum Gasteiger partial charge on any atom is -0.481 e. The molecule has 117 heavy (non-hydrogen) atoms. The van der Waals surface area contributed by atoms with Crippen molar-refractivity contribution >= 4 is 101 Å². The molecule has 0 saturated carbocycles. The van der Waals surface area contributed by atoms with Gasteiger partial charge in [-0.2, -0.15) is 0 Å². The van der Waals surface area contributed by atoms with Crippen molar-refractivity contribution in [2.75, 3.05) is 45.9 Å². The molecule has 23 N–H and O–H groups in total. The number of hydrogen-bond acceptors (Lipinski definition) is 20. The highest BCUT2D eigenvalue weighted by Crippen LogP contribution is 2.24. The molecule has 13 atom stereocenters. The van der Waals surface area contributed by atoms with E-state index in [2.05, 4.69) is 68.8 Å². The smallest absolute Gasteiger partial charge is 0.326 e. The van der Waals surface area contributed by atoms with Crippen molar-refractivity contribution in [1.29, 1.82) is 0 Å². The van der Waals surface area contributed by atoms with Crippen molar-refractivity contribution < 1.29 is 92.0 Å². The quantitative estimate of drug-likeness (QED) is 0.0179. The van der Waals surface area contributed by atoms with Crippen LogP contribution in [-0.2, 0) is 89.6 Å². The van der Waals surface area contributed by atoms with Crippen molar-refractivity contribution in [3.8, 4) is 0 Å². The molecular weight excluding hydrogens is 1520 g/mol. The maximum absolute atomic E-state index is 14.6. The van der Waals surface area contributed by atoms with Gasteiger partial charge in [0.1, 0.15) is 78.5 Å². The zero-order valence-corrected chi connectivity index (χ0v) is 68.7. The van der Waals surface area contributed by atoms with Crippen LogP contribution in [0, 0.1) is 29.6 Å². The maximum Gasteiger partial charge on any atom is 0.326 e. The highest BCUT2D eigenvalue weighted by atomic mass is 16.4. The van der Waals surface area contributed by atoms with Gasteiger partial charge in [-0.15, -0.1) is 0 Å². The number of carboxylic acid groups (broad SMARTS) is 2. The summed E-state index contributed by atoms with van der Waals surface area (Å²) < 4.78 is 0. The second-order valence-corrected chi connectivity index (χ2v) is 31.4. The number of rotatable bonds is 50. The number of carbonyl (C=O) groups excluding carboxylic acids is 14. The van der Waals surface area contributed by atoms with Crippen molar-refractivity contribution in [3.05, 3.63) is 71.8 Å². The molecule has 0 spiro atoms. The molecule has 2 fully saturated rings. The largest absolute Gasteiger partial charge is 0.481 e. The fraction of sp³-hybridized carbons (Fsp3) is 0.633. The van der Waals surface area contributed by atoms with Gasteiger partial charge in [-0.3, -0.25) is 76.9 Å². The van der Waals surface area contributed by atoms with E-state index in [-0.39, 0.29) is 108 Å². The van der Waals surface area contributed by atoms with Crippen LogP contribution in [0.15, 0.2) is 65.7 Å². The number of nitrogens with two attached hydrogens (primary N) is 4. The number of aliphatic hydroxyl groups excluding tert-OH is 1. The van der Waals surface area contributed by atoms with Gasteiger partial charge in [0.15, 0.2) is 5.96 Å². The maximum atomic E-state index is 14.6. The predicted octanol–water partition coefficient (Wildman–Crippen LogP) is -2.95. The number of nitrogens with one attached hydrogen (secondary N) is 12. The Labute approximate surface area is 682 Å². The summed E-state index contributed by atoms with van der Waals surface area (Å²) in [6, 6.07) is -0.197. The number of guanidine groups is 1. The van der Waals surface area contributed by atoms with E-state index in [4.69, 9.17) is 28.0 Å². The Balaban J connectivity index is 1.49. The first-order valence-electron chi connectivity index (χ1n) is 40.1. The Morgan fingerprint density at radius 3 is 1.34 bits per heavy atom. The van der Waals surface area contributed by atoms with Crippen LogP contribution in [0.2, 0.25) is 0 Å². The number of nitrogens with zero attached hydrogens (tertiary/aromatic N) is 3. The van der Waals surface area contributed by atoms with Crippen molar-refractivity contribution in [3.63, 3.8) is 0 Å². The molecule has 2 aromatic rings. The van der Waals surface area contributed by atoms with Crippen LogP contribution in [0.25, 0.3) is 0 Å². The highest BCUT2D eigenvalue weighted by molar-refractivity contribution is 6.00. The standard InChI is InChI=1S/C79H125N19O19/c1-43(2)36-53(87-61(101)41-85-66(104)55(38-48-22-13-11-14-23-48)92-75(113)64(46(7)8)95-73(111)59-29-21-35-98(59)77(115)65(47(9)10)96-67(105)50(86-60(100)40-81)27-19-33-84-79(82)83)69(107)93-57(42-99)76(114)97-34-20-28-58(97)72(110)91-54(37-44(3)4)70(108)90-56(39-49-24-15-12-16-25-49)71(109)88-51(26-17-18-32-80)68(106)94-63(45(5)6)74(112)89-52(78(116)117)30-31-62(102)103/h11-16,22-25,43-47,50-59,63-65,99H,17-21,26-42,80-81H2,1-10H3,(H,85,104)(H,86,100)(H,87,101)(H,88,109)(H,89,112)(H,90,108)(H,91,110)(H,92,113)(H,93,107)(H,94,106)(H,95,111)(H,96,105)(H,102,103)(H,116,117)(H4,82,83,84)/t50-,51-,52-,53-,54-,55-,56-,57-,58-,59-,63-,64-,65-/m0/s1. The van der Waals surface area contributed by atoms with Gasteiger partial charge in [0, 0.05) is 38.9 Å². The van der Waals surface area contributed by atoms with Gasteiger partial charge in [-0.05, 0) is 124 Å². The first-order valence-corrected chi connectivity index (χ1v) is 40.1. The number of aliphatic imine (C=N–C) groups is 1. The summed E-state index contributed by atoms with van der Waals surface area (Å²) in [6.07, 6.45) is 0.822. The van der Waals surface area contributed by atoms with Gasteiger partial charge in [0.25, 0.3) is 0 Å². The molecule has 2 saturated heterocycles. The summed E-state index contributed by atoms with van der Waals surface area (Å²) in [5, 5.41) is 61.2. The Hall–Kier alpha value is -10.9. The zero-order chi connectivity index (χ0) is 87.3. The summed E-state index contributed by atoms with van der Waals surface area (Å²) in [5.74, 6) is -16.3. The van der Waals surface area contributed by atoms with Crippen LogP contribution in [0.5, 0.6) is 0 Å². The summed E-state index contributed by atoms with van der Waals surface area (Å²) in [4.78, 5) is 227. The first kappa shape index (κ1) is 98.5. The average Bonchev–Trinajstić information content (AvgIpc) is 1.75. The fourth-order valence-electron chi connectivity index (χ4n) is 13.5. The molecule has 0 radical (unpaired) electrons. The van der Waals surface area contributed by atoms with Crippen LogP contribution < -0.4 is 86.7 Å². The molecule has 2 aliphatic rings. The third-order valence-electron chi connectivity index (χ3n) is 19.8. The molecule has 4 rings (SSSR count). The van der Waals surface area contributed by atoms with Gasteiger partial charge >= 0.3 is 11.9 Å². The fourth-order valence-corrected chi connectivity index (χ4v) is 13.5. The number of carboxylic acids is 2. The second-order valence-electron chi connectivity index (χ2n) is 31.4. The van der Waals surface area contributed by atoms with Crippen molar-refractivity contribution in [2.24, 2.45) is 57.5 Å². The minimum absolute atomic E-state index is 0.000129. The molecule has 2 aliphatic heterocycles. The monoisotopic (exact) mass is 1640 g/mol. The summed E-state index contributed by atoms with van der Waals surface area (Å²) in [6.45, 7) is 15.3. The lowest BCUT2D eigenvalue weighted by Gasteiger charge is -2.32. The number of unbranched alkanes of at least 4 members (excludes halogenated alkanes) is 1. The number of benzene rings is 2. The van der Waals surface area contributed by atoms with E-state index in [1.807, 2.05) is 0 Å². The third kappa shape index (κ3) is 33.3. The molecule has 650 valence electrons. The predicted molar refractivity (Wildman–Crippen MR) is 431 cm³/mol. The SMILES string of the molecule is CC(C)C[C@H](NC(=O)CNC(=O)[C@H](Cc1ccccc1)NC(=O)[C@@H](NC(=O)[C@@H]1CCCN1C(=O)[C@@H](NC(=O)[C@H](CCCN=C(N)N)NC(=O)CN)C(C)C)C(C)C)C(=O)N[C@@H](CO)C(=O)N1CCC[C@H]1C(=O)N[C@@H](CC(C)C)C(=O)N[C@@H](Cc1ccccc1)C(=O)N[C@@H](CCCCN)C(=O)N[C@H](C(=O)N[C@@H](CCC(=O)O)C(=O)O)C(C)C. The number of aliphatic carboxylic acids is 2. The lowest BCUT2D eigenvalue weighted by molar-refractivity contribution is -0.144. The summed E-state index contributed by atoms with van der Waals surface area (Å²) >= 11 is 0. The lowest BCUT2D eigenvalue weighted by atomic mass is 9.99. The van der Waals surface area contributed by atoms with E-state index in [1.165, 1.54) is 4.90 Å². The molecule has 2 heterocycles. The van der Waals surface area contributed by atoms with Gasteiger partial charge in [0.2, 0.25) is 82.7 Å². The molecule has 38 nitrogen and oxygen atoms in total. The zero-order valence-electron chi connectivity index (χ0n) is 68.7. The number of aliphatic hydroxyl groups is 1. The number of carbonyl (C=O) groups is 16. The van der Waals surface area contributed by atoms with Crippen molar-refractivity contribution in [2.45, 2.75) is 244 Å². The number of likely N-dealkylation sites (tertiary alicyclic amines) is 2. The molecule has 2 aromatic carbocycles. The van der Waals surface area contributed by atoms with E-state index < -0.39 is 223 Å². The van der Waals surface area contributed by atoms with Gasteiger partial charge in [0.05, 0.1) is 19.7 Å². The van der Waals surface area contributed by atoms with Crippen LogP contribution >= 0.6 is 0 Å². The summed E-state index contributed by atoms with van der Waals surface area (Å²) in [7, 11) is 0.